The molecule has 3 N–H and O–H groups in total. The molecule has 0 atom stereocenters. The molecule has 25 heavy (non-hydrogen) atoms. The van der Waals surface area contributed by atoms with E-state index in [0.29, 0.717) is 41.5 Å². The van der Waals surface area contributed by atoms with Gasteiger partial charge in [-0.25, -0.2) is 0 Å². The van der Waals surface area contributed by atoms with Gasteiger partial charge >= 0.3 is 11.1 Å². The summed E-state index contributed by atoms with van der Waals surface area (Å²) in [6.45, 7) is 1.76. The van der Waals surface area contributed by atoms with Gasteiger partial charge in [0.2, 0.25) is 0 Å². The highest BCUT2D eigenvalue weighted by Gasteiger charge is 2.05. The molecule has 0 unspecified atom stereocenters. The number of para-hydroxylation sites is 1. The molecule has 3 aromatic rings. The number of aromatic nitrogens is 2. The van der Waals surface area contributed by atoms with Gasteiger partial charge in [0.1, 0.15) is 17.9 Å². The van der Waals surface area contributed by atoms with E-state index in [1.165, 1.54) is 0 Å². The summed E-state index contributed by atoms with van der Waals surface area (Å²) in [7, 11) is 0. The van der Waals surface area contributed by atoms with Crippen LogP contribution in [0.5, 0.6) is 5.75 Å². The van der Waals surface area contributed by atoms with Crippen LogP contribution < -0.4 is 21.2 Å². The Morgan fingerprint density at radius 3 is 2.48 bits per heavy atom. The average Bonchev–Trinajstić information content (AvgIpc) is 2.58. The lowest BCUT2D eigenvalue weighted by Gasteiger charge is -2.09. The number of ether oxygens (including phenoxy) is 1. The normalized spacial score (nSPS) is 10.4. The first-order valence-electron chi connectivity index (χ1n) is 7.47. The van der Waals surface area contributed by atoms with Crippen molar-refractivity contribution in [2.45, 2.75) is 6.54 Å². The number of nitrogens with one attached hydrogen (secondary N) is 3. The van der Waals surface area contributed by atoms with Crippen molar-refractivity contribution in [2.24, 2.45) is 0 Å². The third kappa shape index (κ3) is 4.85. The first-order chi connectivity index (χ1) is 11.6. The number of halogens is 2. The van der Waals surface area contributed by atoms with Gasteiger partial charge in [-0.05, 0) is 29.8 Å². The maximum Gasteiger partial charge on any atom is 0.314 e. The van der Waals surface area contributed by atoms with E-state index in [1.807, 2.05) is 24.3 Å². The number of benzene rings is 2. The lowest BCUT2D eigenvalue weighted by atomic mass is 10.2. The van der Waals surface area contributed by atoms with Crippen molar-refractivity contribution in [2.75, 3.05) is 13.2 Å². The fourth-order valence-electron chi connectivity index (χ4n) is 2.30. The summed E-state index contributed by atoms with van der Waals surface area (Å²) in [6.07, 6.45) is 0. The standard InChI is InChI=1S/C17H16ClN3O3.ClH/c18-12-6-4-11(5-7-12)10-19-8-9-24-14-3-1-2-13-15(14)21-17(23)16(22)20-13;/h1-7,19H,8-10H2,(H,20,22)(H,21,23);1H. The average molecular weight is 382 g/mol. The molecule has 2 aromatic carbocycles. The lowest BCUT2D eigenvalue weighted by Crippen LogP contribution is -2.29. The molecule has 1 aromatic heterocycles. The van der Waals surface area contributed by atoms with E-state index in [2.05, 4.69) is 15.3 Å². The summed E-state index contributed by atoms with van der Waals surface area (Å²) in [4.78, 5) is 27.9. The van der Waals surface area contributed by atoms with Crippen LogP contribution in [0.2, 0.25) is 5.02 Å². The van der Waals surface area contributed by atoms with E-state index in [4.69, 9.17) is 16.3 Å². The number of fused-ring (bicyclic) bond motifs is 1. The van der Waals surface area contributed by atoms with Crippen LogP contribution in [0.3, 0.4) is 0 Å². The van der Waals surface area contributed by atoms with Crippen molar-refractivity contribution in [3.63, 3.8) is 0 Å². The molecular weight excluding hydrogens is 365 g/mol. The highest BCUT2D eigenvalue weighted by Crippen LogP contribution is 2.19. The summed E-state index contributed by atoms with van der Waals surface area (Å²) in [5.74, 6) is 0.522. The summed E-state index contributed by atoms with van der Waals surface area (Å²) >= 11 is 5.84. The van der Waals surface area contributed by atoms with Gasteiger partial charge in [-0.1, -0.05) is 29.8 Å². The first-order valence-corrected chi connectivity index (χ1v) is 7.84. The topological polar surface area (TPSA) is 87.0 Å². The van der Waals surface area contributed by atoms with Crippen LogP contribution in [0.4, 0.5) is 0 Å². The molecule has 0 radical (unpaired) electrons. The van der Waals surface area contributed by atoms with Gasteiger partial charge in [-0.3, -0.25) is 9.59 Å². The van der Waals surface area contributed by atoms with Crippen molar-refractivity contribution in [3.8, 4) is 5.75 Å². The zero-order chi connectivity index (χ0) is 16.9. The Kier molecular flexibility index (Phi) is 6.64. The Hall–Kier alpha value is -2.28. The van der Waals surface area contributed by atoms with E-state index in [9.17, 15) is 9.59 Å². The third-order valence-electron chi connectivity index (χ3n) is 3.50. The molecule has 0 saturated carbocycles. The van der Waals surface area contributed by atoms with Crippen LogP contribution in [0.15, 0.2) is 52.1 Å². The maximum absolute atomic E-state index is 11.5. The van der Waals surface area contributed by atoms with Crippen molar-refractivity contribution < 1.29 is 4.74 Å². The quantitative estimate of drug-likeness (QED) is 0.452. The Morgan fingerprint density at radius 1 is 1.00 bits per heavy atom. The zero-order valence-corrected chi connectivity index (χ0v) is 14.7. The van der Waals surface area contributed by atoms with E-state index in [-0.39, 0.29) is 12.4 Å². The molecular formula is C17H17Cl2N3O3. The third-order valence-corrected chi connectivity index (χ3v) is 3.75. The SMILES string of the molecule is Cl.O=c1[nH]c2cccc(OCCNCc3ccc(Cl)cc3)c2[nH]c1=O. The molecule has 132 valence electrons. The number of hydrogen-bond donors (Lipinski definition) is 3. The molecule has 0 bridgehead atoms. The monoisotopic (exact) mass is 381 g/mol. The van der Waals surface area contributed by atoms with E-state index < -0.39 is 11.1 Å². The molecule has 8 heteroatoms. The molecule has 0 fully saturated rings. The van der Waals surface area contributed by atoms with Crippen LogP contribution in [0.25, 0.3) is 11.0 Å². The summed E-state index contributed by atoms with van der Waals surface area (Å²) in [5.41, 5.74) is 0.779. The Balaban J connectivity index is 0.00000225. The zero-order valence-electron chi connectivity index (χ0n) is 13.2. The van der Waals surface area contributed by atoms with Gasteiger partial charge in [0, 0.05) is 18.1 Å². The van der Waals surface area contributed by atoms with Crippen LogP contribution in [-0.4, -0.2) is 23.1 Å². The van der Waals surface area contributed by atoms with Gasteiger partial charge in [-0.15, -0.1) is 12.4 Å². The summed E-state index contributed by atoms with van der Waals surface area (Å²) < 4.78 is 5.70. The Labute approximate surface area is 154 Å². The van der Waals surface area contributed by atoms with Crippen molar-refractivity contribution >= 4 is 35.0 Å². The van der Waals surface area contributed by atoms with Crippen molar-refractivity contribution in [1.82, 2.24) is 15.3 Å². The highest BCUT2D eigenvalue weighted by molar-refractivity contribution is 6.30. The number of H-pyrrole nitrogens is 2. The van der Waals surface area contributed by atoms with Crippen LogP contribution in [0.1, 0.15) is 5.56 Å². The predicted molar refractivity (Wildman–Crippen MR) is 101 cm³/mol. The maximum atomic E-state index is 11.5. The second kappa shape index (κ2) is 8.71. The number of aromatic amines is 2. The van der Waals surface area contributed by atoms with Gasteiger partial charge in [-0.2, -0.15) is 0 Å². The molecule has 1 heterocycles. The van der Waals surface area contributed by atoms with Gasteiger partial charge in [0.25, 0.3) is 0 Å². The number of hydrogen-bond acceptors (Lipinski definition) is 4. The smallest absolute Gasteiger partial charge is 0.314 e. The lowest BCUT2D eigenvalue weighted by molar-refractivity contribution is 0.316. The summed E-state index contributed by atoms with van der Waals surface area (Å²) in [5, 5.41) is 3.98. The minimum absolute atomic E-state index is 0. The predicted octanol–water partition coefficient (Wildman–Crippen LogP) is 2.46. The highest BCUT2D eigenvalue weighted by atomic mass is 35.5. The van der Waals surface area contributed by atoms with E-state index in [1.54, 1.807) is 18.2 Å². The fraction of sp³-hybridized carbons (Fsp3) is 0.176. The molecule has 3 rings (SSSR count). The van der Waals surface area contributed by atoms with Crippen LogP contribution >= 0.6 is 24.0 Å². The Morgan fingerprint density at radius 2 is 1.72 bits per heavy atom. The molecule has 6 nitrogen and oxygen atoms in total. The fourth-order valence-corrected chi connectivity index (χ4v) is 2.43. The molecule has 0 spiro atoms. The number of rotatable bonds is 6. The molecule has 0 aliphatic rings. The second-order valence-electron chi connectivity index (χ2n) is 5.24. The minimum Gasteiger partial charge on any atom is -0.490 e. The Bertz CT molecular complexity index is 952. The second-order valence-corrected chi connectivity index (χ2v) is 5.68. The summed E-state index contributed by atoms with van der Waals surface area (Å²) in [6, 6.07) is 12.8. The van der Waals surface area contributed by atoms with Crippen molar-refractivity contribution in [1.29, 1.82) is 0 Å². The molecule has 0 aliphatic heterocycles. The first kappa shape index (κ1) is 19.1. The van der Waals surface area contributed by atoms with E-state index >= 15 is 0 Å². The van der Waals surface area contributed by atoms with Crippen LogP contribution in [0, 0.1) is 0 Å². The minimum atomic E-state index is -0.695. The molecule has 0 saturated heterocycles. The molecule has 0 aliphatic carbocycles. The van der Waals surface area contributed by atoms with Gasteiger partial charge in [0.15, 0.2) is 0 Å². The van der Waals surface area contributed by atoms with Crippen LogP contribution in [-0.2, 0) is 6.54 Å². The van der Waals surface area contributed by atoms with Gasteiger partial charge in [0.05, 0.1) is 5.52 Å². The molecule has 0 amide bonds. The van der Waals surface area contributed by atoms with Crippen molar-refractivity contribution in [3.05, 3.63) is 73.8 Å². The van der Waals surface area contributed by atoms with E-state index in [0.717, 1.165) is 5.56 Å². The largest absolute Gasteiger partial charge is 0.490 e. The van der Waals surface area contributed by atoms with Gasteiger partial charge < -0.3 is 20.0 Å².